The fraction of sp³-hybridized carbons (Fsp3) is 0.118. The van der Waals surface area contributed by atoms with Crippen LogP contribution in [0.25, 0.3) is 5.70 Å². The lowest BCUT2D eigenvalue weighted by atomic mass is 10.1. The zero-order valence-electron chi connectivity index (χ0n) is 12.2. The van der Waals surface area contributed by atoms with Crippen molar-refractivity contribution in [2.24, 2.45) is 0 Å². The van der Waals surface area contributed by atoms with Crippen molar-refractivity contribution in [3.63, 3.8) is 0 Å². The minimum absolute atomic E-state index is 0.276. The van der Waals surface area contributed by atoms with Gasteiger partial charge >= 0.3 is 6.18 Å². The summed E-state index contributed by atoms with van der Waals surface area (Å²) < 4.78 is 43.3. The molecule has 0 radical (unpaired) electrons. The fourth-order valence-corrected chi connectivity index (χ4v) is 1.97. The Bertz CT molecular complexity index is 694. The Morgan fingerprint density at radius 1 is 1.04 bits per heavy atom. The van der Waals surface area contributed by atoms with Gasteiger partial charge in [-0.1, -0.05) is 42.5 Å². The van der Waals surface area contributed by atoms with Crippen LogP contribution in [0.2, 0.25) is 0 Å². The first kappa shape index (κ1) is 17.0. The third-order valence-electron chi connectivity index (χ3n) is 3.01. The average Bonchev–Trinajstić information content (AvgIpc) is 2.55. The van der Waals surface area contributed by atoms with Gasteiger partial charge in [-0.15, -0.1) is 0 Å². The summed E-state index contributed by atoms with van der Waals surface area (Å²) in [5, 5.41) is 2.97. The Kier molecular flexibility index (Phi) is 5.39. The SMILES string of the molecule is COc1ccc(N/C(=C/C(=S)C(F)(F)F)c2ccccc2)cc1. The molecule has 0 unspecified atom stereocenters. The van der Waals surface area contributed by atoms with Gasteiger partial charge in [-0.25, -0.2) is 0 Å². The summed E-state index contributed by atoms with van der Waals surface area (Å²) in [5.41, 5.74) is 1.51. The second-order valence-corrected chi connectivity index (χ2v) is 5.08. The number of methoxy groups -OCH3 is 1. The summed E-state index contributed by atoms with van der Waals surface area (Å²) in [6.45, 7) is 0. The van der Waals surface area contributed by atoms with E-state index in [0.717, 1.165) is 6.08 Å². The lowest BCUT2D eigenvalue weighted by molar-refractivity contribution is -0.0552. The normalized spacial score (nSPS) is 11.9. The molecule has 0 spiro atoms. The van der Waals surface area contributed by atoms with Crippen LogP contribution in [0.3, 0.4) is 0 Å². The second-order valence-electron chi connectivity index (χ2n) is 4.64. The lowest BCUT2D eigenvalue weighted by Gasteiger charge is -2.13. The van der Waals surface area contributed by atoms with Gasteiger partial charge in [-0.05, 0) is 35.9 Å². The van der Waals surface area contributed by atoms with Gasteiger partial charge in [-0.3, -0.25) is 0 Å². The van der Waals surface area contributed by atoms with Crippen molar-refractivity contribution in [2.75, 3.05) is 12.4 Å². The highest BCUT2D eigenvalue weighted by Gasteiger charge is 2.32. The zero-order chi connectivity index (χ0) is 16.9. The first-order valence-electron chi connectivity index (χ1n) is 6.69. The highest BCUT2D eigenvalue weighted by molar-refractivity contribution is 7.81. The number of allylic oxidation sites excluding steroid dienone is 1. The molecule has 2 aromatic rings. The number of anilines is 1. The Labute approximate surface area is 137 Å². The standard InChI is InChI=1S/C17H14F3NOS/c1-22-14-9-7-13(8-10-14)21-15(11-16(23)17(18,19)20)12-5-3-2-4-6-12/h2-11,21H,1H3/b15-11+. The van der Waals surface area contributed by atoms with Crippen LogP contribution in [0.15, 0.2) is 60.7 Å². The molecule has 0 aliphatic carbocycles. The van der Waals surface area contributed by atoms with Crippen molar-refractivity contribution in [2.45, 2.75) is 6.18 Å². The van der Waals surface area contributed by atoms with E-state index in [1.807, 2.05) is 0 Å². The van der Waals surface area contributed by atoms with Crippen LogP contribution >= 0.6 is 12.2 Å². The Balaban J connectivity index is 2.33. The number of benzene rings is 2. The summed E-state index contributed by atoms with van der Waals surface area (Å²) in [7, 11) is 1.54. The molecular formula is C17H14F3NOS. The summed E-state index contributed by atoms with van der Waals surface area (Å²) in [5.74, 6) is 0.659. The van der Waals surface area contributed by atoms with Crippen molar-refractivity contribution in [1.29, 1.82) is 0 Å². The lowest BCUT2D eigenvalue weighted by Crippen LogP contribution is -2.19. The van der Waals surface area contributed by atoms with Crippen molar-refractivity contribution in [3.05, 3.63) is 66.2 Å². The van der Waals surface area contributed by atoms with Gasteiger partial charge in [0.2, 0.25) is 0 Å². The smallest absolute Gasteiger partial charge is 0.426 e. The number of nitrogens with one attached hydrogen (secondary N) is 1. The number of halogens is 3. The molecule has 0 aromatic heterocycles. The first-order valence-corrected chi connectivity index (χ1v) is 7.10. The maximum Gasteiger partial charge on any atom is 0.426 e. The first-order chi connectivity index (χ1) is 10.9. The number of ether oxygens (including phenoxy) is 1. The molecule has 2 rings (SSSR count). The number of hydrogen-bond acceptors (Lipinski definition) is 3. The highest BCUT2D eigenvalue weighted by atomic mass is 32.1. The summed E-state index contributed by atoms with van der Waals surface area (Å²) in [6, 6.07) is 15.6. The molecule has 120 valence electrons. The number of thiocarbonyl (C=S) groups is 1. The second kappa shape index (κ2) is 7.28. The molecular weight excluding hydrogens is 323 g/mol. The number of hydrogen-bond donors (Lipinski definition) is 1. The minimum Gasteiger partial charge on any atom is -0.497 e. The molecule has 0 fully saturated rings. The molecule has 0 aliphatic rings. The number of alkyl halides is 3. The van der Waals surface area contributed by atoms with Crippen molar-refractivity contribution in [3.8, 4) is 5.75 Å². The Hall–Kier alpha value is -2.34. The van der Waals surface area contributed by atoms with Crippen LogP contribution in [0, 0.1) is 0 Å². The molecule has 6 heteroatoms. The van der Waals surface area contributed by atoms with E-state index < -0.39 is 11.0 Å². The van der Waals surface area contributed by atoms with Crippen LogP contribution in [-0.4, -0.2) is 18.2 Å². The van der Waals surface area contributed by atoms with Gasteiger partial charge < -0.3 is 10.1 Å². The maximum atomic E-state index is 12.7. The summed E-state index contributed by atoms with van der Waals surface area (Å²) in [4.78, 5) is -1.09. The predicted octanol–water partition coefficient (Wildman–Crippen LogP) is 5.08. The fourth-order valence-electron chi connectivity index (χ4n) is 1.85. The van der Waals surface area contributed by atoms with Crippen LogP contribution in [-0.2, 0) is 0 Å². The van der Waals surface area contributed by atoms with Gasteiger partial charge in [0.25, 0.3) is 0 Å². The monoisotopic (exact) mass is 337 g/mol. The Morgan fingerprint density at radius 3 is 2.17 bits per heavy atom. The Morgan fingerprint density at radius 2 is 1.65 bits per heavy atom. The van der Waals surface area contributed by atoms with E-state index in [-0.39, 0.29) is 5.70 Å². The third kappa shape index (κ3) is 4.82. The van der Waals surface area contributed by atoms with Crippen LogP contribution in [0.5, 0.6) is 5.75 Å². The molecule has 23 heavy (non-hydrogen) atoms. The van der Waals surface area contributed by atoms with Crippen LogP contribution in [0.4, 0.5) is 18.9 Å². The molecule has 1 N–H and O–H groups in total. The molecule has 0 saturated carbocycles. The summed E-state index contributed by atoms with van der Waals surface area (Å²) >= 11 is 4.46. The van der Waals surface area contributed by atoms with Crippen molar-refractivity contribution < 1.29 is 17.9 Å². The molecule has 0 bridgehead atoms. The van der Waals surface area contributed by atoms with Crippen molar-refractivity contribution in [1.82, 2.24) is 0 Å². The topological polar surface area (TPSA) is 21.3 Å². The van der Waals surface area contributed by atoms with Crippen molar-refractivity contribution >= 4 is 28.5 Å². The predicted molar refractivity (Wildman–Crippen MR) is 89.7 cm³/mol. The van der Waals surface area contributed by atoms with E-state index in [1.54, 1.807) is 61.7 Å². The molecule has 0 heterocycles. The molecule has 0 atom stereocenters. The van der Waals surface area contributed by atoms with Gasteiger partial charge in [0, 0.05) is 11.4 Å². The van der Waals surface area contributed by atoms with E-state index >= 15 is 0 Å². The van der Waals surface area contributed by atoms with E-state index in [2.05, 4.69) is 17.5 Å². The third-order valence-corrected chi connectivity index (χ3v) is 3.36. The highest BCUT2D eigenvalue weighted by Crippen LogP contribution is 2.24. The maximum absolute atomic E-state index is 12.7. The van der Waals surface area contributed by atoms with E-state index in [0.29, 0.717) is 17.0 Å². The zero-order valence-corrected chi connectivity index (χ0v) is 13.0. The molecule has 0 aliphatic heterocycles. The quantitative estimate of drug-likeness (QED) is 0.607. The number of rotatable bonds is 5. The summed E-state index contributed by atoms with van der Waals surface area (Å²) in [6.07, 6.45) is -3.62. The van der Waals surface area contributed by atoms with Gasteiger partial charge in [0.05, 0.1) is 7.11 Å². The largest absolute Gasteiger partial charge is 0.497 e. The molecule has 2 aromatic carbocycles. The average molecular weight is 337 g/mol. The van der Waals surface area contributed by atoms with E-state index in [1.165, 1.54) is 0 Å². The van der Waals surface area contributed by atoms with Gasteiger partial charge in [-0.2, -0.15) is 13.2 Å². The van der Waals surface area contributed by atoms with Gasteiger partial charge in [0.1, 0.15) is 10.6 Å². The molecule has 0 saturated heterocycles. The molecule has 2 nitrogen and oxygen atoms in total. The van der Waals surface area contributed by atoms with Crippen LogP contribution in [0.1, 0.15) is 5.56 Å². The minimum atomic E-state index is -4.54. The van der Waals surface area contributed by atoms with Crippen LogP contribution < -0.4 is 10.1 Å². The van der Waals surface area contributed by atoms with Gasteiger partial charge in [0.15, 0.2) is 0 Å². The van der Waals surface area contributed by atoms with E-state index in [9.17, 15) is 13.2 Å². The van der Waals surface area contributed by atoms with E-state index in [4.69, 9.17) is 4.74 Å². The molecule has 0 amide bonds.